The van der Waals surface area contributed by atoms with Crippen molar-refractivity contribution in [3.05, 3.63) is 83.9 Å². The molecule has 4 heteroatoms. The Kier molecular flexibility index (Phi) is 5.64. The first-order valence-electron chi connectivity index (χ1n) is 8.77. The summed E-state index contributed by atoms with van der Waals surface area (Å²) in [6, 6.07) is 22.6. The van der Waals surface area contributed by atoms with Gasteiger partial charge in [-0.15, -0.1) is 0 Å². The van der Waals surface area contributed by atoms with E-state index in [9.17, 15) is 9.59 Å². The smallest absolute Gasteiger partial charge is 0.252 e. The first-order valence-corrected chi connectivity index (χ1v) is 8.77. The standard InChI is InChI=1S/C22H22N2O2/c23-21(25)20(15-6-10-16-8-2-1-3-9-16)24-22(26)19-14-7-12-17-11-4-5-13-18(17)19/h1-5,7-9,11-14,20H,6,10,15H2,(H2,23,25)(H,24,26)/t20-/m1/s1. The summed E-state index contributed by atoms with van der Waals surface area (Å²) in [5, 5.41) is 4.64. The van der Waals surface area contributed by atoms with E-state index in [2.05, 4.69) is 5.32 Å². The molecule has 0 bridgehead atoms. The van der Waals surface area contributed by atoms with Gasteiger partial charge in [-0.3, -0.25) is 9.59 Å². The number of nitrogens with one attached hydrogen (secondary N) is 1. The quantitative estimate of drug-likeness (QED) is 0.688. The maximum absolute atomic E-state index is 12.7. The molecule has 2 amide bonds. The molecule has 0 aromatic heterocycles. The number of fused-ring (bicyclic) bond motifs is 1. The molecule has 0 aliphatic carbocycles. The lowest BCUT2D eigenvalue weighted by molar-refractivity contribution is -0.120. The van der Waals surface area contributed by atoms with Crippen LogP contribution in [0.2, 0.25) is 0 Å². The van der Waals surface area contributed by atoms with E-state index in [4.69, 9.17) is 5.73 Å². The Morgan fingerprint density at radius 1 is 0.885 bits per heavy atom. The van der Waals surface area contributed by atoms with Gasteiger partial charge in [0.2, 0.25) is 5.91 Å². The van der Waals surface area contributed by atoms with Crippen LogP contribution in [-0.4, -0.2) is 17.9 Å². The van der Waals surface area contributed by atoms with Gasteiger partial charge in [-0.25, -0.2) is 0 Å². The molecule has 26 heavy (non-hydrogen) atoms. The predicted octanol–water partition coefficient (Wildman–Crippen LogP) is 3.45. The molecule has 0 unspecified atom stereocenters. The van der Waals surface area contributed by atoms with Gasteiger partial charge in [0.05, 0.1) is 0 Å². The normalized spacial score (nSPS) is 11.8. The number of amides is 2. The highest BCUT2D eigenvalue weighted by Crippen LogP contribution is 2.18. The Bertz CT molecular complexity index is 901. The summed E-state index contributed by atoms with van der Waals surface area (Å²) in [4.78, 5) is 24.5. The SMILES string of the molecule is NC(=O)[C@@H](CCCc1ccccc1)NC(=O)c1cccc2ccccc12. The zero-order chi connectivity index (χ0) is 18.4. The lowest BCUT2D eigenvalue weighted by atomic mass is 10.0. The number of benzene rings is 3. The van der Waals surface area contributed by atoms with Crippen LogP contribution in [0.15, 0.2) is 72.8 Å². The molecular formula is C22H22N2O2. The monoisotopic (exact) mass is 346 g/mol. The molecule has 3 N–H and O–H groups in total. The molecule has 0 spiro atoms. The summed E-state index contributed by atoms with van der Waals surface area (Å²) in [6.45, 7) is 0. The number of nitrogens with two attached hydrogens (primary N) is 1. The molecule has 4 nitrogen and oxygen atoms in total. The molecule has 0 radical (unpaired) electrons. The van der Waals surface area contributed by atoms with E-state index in [-0.39, 0.29) is 5.91 Å². The van der Waals surface area contributed by atoms with Crippen LogP contribution in [0.1, 0.15) is 28.8 Å². The van der Waals surface area contributed by atoms with Crippen molar-refractivity contribution >= 4 is 22.6 Å². The molecule has 0 aliphatic rings. The van der Waals surface area contributed by atoms with Gasteiger partial charge < -0.3 is 11.1 Å². The molecule has 0 saturated carbocycles. The van der Waals surface area contributed by atoms with E-state index in [1.165, 1.54) is 5.56 Å². The van der Waals surface area contributed by atoms with Crippen molar-refractivity contribution < 1.29 is 9.59 Å². The van der Waals surface area contributed by atoms with Gasteiger partial charge in [0.1, 0.15) is 6.04 Å². The molecule has 0 saturated heterocycles. The van der Waals surface area contributed by atoms with Crippen molar-refractivity contribution in [2.45, 2.75) is 25.3 Å². The fraction of sp³-hybridized carbons (Fsp3) is 0.182. The molecular weight excluding hydrogens is 324 g/mol. The first-order chi connectivity index (χ1) is 12.6. The third-order valence-corrected chi connectivity index (χ3v) is 4.48. The zero-order valence-corrected chi connectivity index (χ0v) is 14.5. The number of hydrogen-bond acceptors (Lipinski definition) is 2. The highest BCUT2D eigenvalue weighted by molar-refractivity contribution is 6.08. The van der Waals surface area contributed by atoms with Crippen LogP contribution in [-0.2, 0) is 11.2 Å². The number of hydrogen-bond donors (Lipinski definition) is 2. The zero-order valence-electron chi connectivity index (χ0n) is 14.5. The van der Waals surface area contributed by atoms with E-state index in [0.29, 0.717) is 12.0 Å². The minimum atomic E-state index is -0.676. The molecule has 0 heterocycles. The maximum Gasteiger partial charge on any atom is 0.252 e. The van der Waals surface area contributed by atoms with Crippen LogP contribution in [0.25, 0.3) is 10.8 Å². The van der Waals surface area contributed by atoms with Crippen LogP contribution in [0.5, 0.6) is 0 Å². The molecule has 132 valence electrons. The Morgan fingerprint density at radius 2 is 1.58 bits per heavy atom. The lowest BCUT2D eigenvalue weighted by Gasteiger charge is -2.16. The van der Waals surface area contributed by atoms with Crippen molar-refractivity contribution in [1.82, 2.24) is 5.32 Å². The van der Waals surface area contributed by atoms with Crippen molar-refractivity contribution in [2.75, 3.05) is 0 Å². The molecule has 3 aromatic carbocycles. The third kappa shape index (κ3) is 4.28. The molecule has 1 atom stereocenters. The lowest BCUT2D eigenvalue weighted by Crippen LogP contribution is -2.44. The fourth-order valence-electron chi connectivity index (χ4n) is 3.10. The third-order valence-electron chi connectivity index (χ3n) is 4.48. The molecule has 0 aliphatic heterocycles. The Hall–Kier alpha value is -3.14. The molecule has 0 fully saturated rings. The van der Waals surface area contributed by atoms with Gasteiger partial charge in [0.25, 0.3) is 5.91 Å². The van der Waals surface area contributed by atoms with Gasteiger partial charge in [-0.2, -0.15) is 0 Å². The van der Waals surface area contributed by atoms with Crippen molar-refractivity contribution in [3.8, 4) is 0 Å². The van der Waals surface area contributed by atoms with Crippen LogP contribution >= 0.6 is 0 Å². The summed E-state index contributed by atoms with van der Waals surface area (Å²) in [7, 11) is 0. The van der Waals surface area contributed by atoms with Gasteiger partial charge in [-0.1, -0.05) is 66.7 Å². The number of rotatable bonds is 7. The summed E-state index contributed by atoms with van der Waals surface area (Å²) >= 11 is 0. The van der Waals surface area contributed by atoms with Gasteiger partial charge in [0.15, 0.2) is 0 Å². The maximum atomic E-state index is 12.7. The van der Waals surface area contributed by atoms with Crippen LogP contribution in [0, 0.1) is 0 Å². The summed E-state index contributed by atoms with van der Waals surface area (Å²) in [6.07, 6.45) is 2.13. The highest BCUT2D eigenvalue weighted by atomic mass is 16.2. The van der Waals surface area contributed by atoms with Crippen LogP contribution < -0.4 is 11.1 Å². The summed E-state index contributed by atoms with van der Waals surface area (Å²) < 4.78 is 0. The molecule has 3 aromatic rings. The number of carbonyl (C=O) groups is 2. The van der Waals surface area contributed by atoms with Crippen LogP contribution in [0.4, 0.5) is 0 Å². The van der Waals surface area contributed by atoms with Gasteiger partial charge >= 0.3 is 0 Å². The number of primary amides is 1. The largest absolute Gasteiger partial charge is 0.368 e. The van der Waals surface area contributed by atoms with Gasteiger partial charge in [-0.05, 0) is 41.7 Å². The summed E-state index contributed by atoms with van der Waals surface area (Å²) in [5.41, 5.74) is 7.26. The number of aryl methyl sites for hydroxylation is 1. The second-order valence-electron chi connectivity index (χ2n) is 6.33. The van der Waals surface area contributed by atoms with Crippen molar-refractivity contribution in [3.63, 3.8) is 0 Å². The average Bonchev–Trinajstić information content (AvgIpc) is 2.67. The number of carbonyl (C=O) groups excluding carboxylic acids is 2. The second-order valence-corrected chi connectivity index (χ2v) is 6.33. The van der Waals surface area contributed by atoms with E-state index in [1.54, 1.807) is 6.07 Å². The van der Waals surface area contributed by atoms with E-state index < -0.39 is 11.9 Å². The van der Waals surface area contributed by atoms with E-state index >= 15 is 0 Å². The minimum Gasteiger partial charge on any atom is -0.368 e. The fourth-order valence-corrected chi connectivity index (χ4v) is 3.10. The Balaban J connectivity index is 1.67. The van der Waals surface area contributed by atoms with Crippen molar-refractivity contribution in [1.29, 1.82) is 0 Å². The van der Waals surface area contributed by atoms with E-state index in [1.807, 2.05) is 66.7 Å². The average molecular weight is 346 g/mol. The first kappa shape index (κ1) is 17.7. The van der Waals surface area contributed by atoms with Gasteiger partial charge in [0, 0.05) is 5.56 Å². The van der Waals surface area contributed by atoms with E-state index in [0.717, 1.165) is 23.6 Å². The predicted molar refractivity (Wildman–Crippen MR) is 104 cm³/mol. The van der Waals surface area contributed by atoms with Crippen molar-refractivity contribution in [2.24, 2.45) is 5.73 Å². The van der Waals surface area contributed by atoms with Crippen LogP contribution in [0.3, 0.4) is 0 Å². The topological polar surface area (TPSA) is 72.2 Å². The molecule has 3 rings (SSSR count). The minimum absolute atomic E-state index is 0.273. The highest BCUT2D eigenvalue weighted by Gasteiger charge is 2.19. The Labute approximate surface area is 153 Å². The Morgan fingerprint density at radius 3 is 2.35 bits per heavy atom. The second kappa shape index (κ2) is 8.30. The summed E-state index contributed by atoms with van der Waals surface area (Å²) in [5.74, 6) is -0.781.